The number of benzene rings is 1. The Labute approximate surface area is 130 Å². The molecule has 21 heavy (non-hydrogen) atoms. The molecule has 0 aliphatic rings. The number of hydrogen-bond donors (Lipinski definition) is 2. The van der Waals surface area contributed by atoms with E-state index in [4.69, 9.17) is 10.5 Å². The molecule has 0 spiro atoms. The highest BCUT2D eigenvalue weighted by Crippen LogP contribution is 2.30. The van der Waals surface area contributed by atoms with E-state index >= 15 is 0 Å². The lowest BCUT2D eigenvalue weighted by molar-refractivity contribution is 0.0955. The van der Waals surface area contributed by atoms with Crippen LogP contribution in [0.1, 0.15) is 15.2 Å². The molecule has 3 rings (SSSR count). The number of carbonyl (C=O) groups excluding carboxylic acids is 1. The third-order valence-electron chi connectivity index (χ3n) is 3.11. The second-order valence-corrected chi connectivity index (χ2v) is 6.55. The Morgan fingerprint density at radius 3 is 2.90 bits per heavy atom. The highest BCUT2D eigenvalue weighted by molar-refractivity contribution is 7.27. The summed E-state index contributed by atoms with van der Waals surface area (Å²) in [6.07, 6.45) is 0. The zero-order valence-corrected chi connectivity index (χ0v) is 13.0. The van der Waals surface area contributed by atoms with Crippen molar-refractivity contribution in [1.82, 2.24) is 5.32 Å². The van der Waals surface area contributed by atoms with Gasteiger partial charge in [0.1, 0.15) is 5.75 Å². The Balaban J connectivity index is 1.73. The number of hydrogen-bond acceptors (Lipinski definition) is 5. The number of amides is 1. The summed E-state index contributed by atoms with van der Waals surface area (Å²) in [7, 11) is 1.60. The van der Waals surface area contributed by atoms with E-state index in [1.807, 2.05) is 23.6 Å². The fourth-order valence-electron chi connectivity index (χ4n) is 2.08. The zero-order valence-electron chi connectivity index (χ0n) is 11.4. The SMILES string of the molecule is COc1ccc(N)cc1CNC(=O)c1cc2sccc2s1. The topological polar surface area (TPSA) is 64.3 Å². The molecule has 2 heterocycles. The van der Waals surface area contributed by atoms with Crippen LogP contribution in [0.2, 0.25) is 0 Å². The molecule has 108 valence electrons. The second-order valence-electron chi connectivity index (χ2n) is 4.51. The first-order valence-electron chi connectivity index (χ1n) is 6.35. The van der Waals surface area contributed by atoms with Crippen molar-refractivity contribution in [3.05, 3.63) is 46.2 Å². The minimum atomic E-state index is -0.0760. The maximum Gasteiger partial charge on any atom is 0.261 e. The highest BCUT2D eigenvalue weighted by Gasteiger charge is 2.12. The summed E-state index contributed by atoms with van der Waals surface area (Å²) in [5, 5.41) is 4.94. The van der Waals surface area contributed by atoms with Gasteiger partial charge in [-0.3, -0.25) is 4.79 Å². The molecular formula is C15H14N2O2S2. The lowest BCUT2D eigenvalue weighted by Gasteiger charge is -2.10. The second kappa shape index (κ2) is 5.75. The molecule has 0 saturated carbocycles. The predicted molar refractivity (Wildman–Crippen MR) is 88.3 cm³/mol. The van der Waals surface area contributed by atoms with Gasteiger partial charge < -0.3 is 15.8 Å². The van der Waals surface area contributed by atoms with E-state index in [0.29, 0.717) is 12.2 Å². The third-order valence-corrected chi connectivity index (χ3v) is 5.20. The smallest absolute Gasteiger partial charge is 0.261 e. The monoisotopic (exact) mass is 318 g/mol. The van der Waals surface area contributed by atoms with E-state index in [2.05, 4.69) is 5.32 Å². The quantitative estimate of drug-likeness (QED) is 0.724. The van der Waals surface area contributed by atoms with Crippen LogP contribution in [-0.2, 0) is 6.54 Å². The summed E-state index contributed by atoms with van der Waals surface area (Å²) in [6, 6.07) is 9.35. The molecular weight excluding hydrogens is 304 g/mol. The fourth-order valence-corrected chi connectivity index (χ4v) is 4.10. The Hall–Kier alpha value is -2.05. The molecule has 0 bridgehead atoms. The number of anilines is 1. The lowest BCUT2D eigenvalue weighted by atomic mass is 10.1. The Kier molecular flexibility index (Phi) is 3.81. The molecule has 2 aromatic heterocycles. The van der Waals surface area contributed by atoms with E-state index < -0.39 is 0 Å². The Morgan fingerprint density at radius 1 is 1.29 bits per heavy atom. The molecule has 6 heteroatoms. The zero-order chi connectivity index (χ0) is 14.8. The first-order valence-corrected chi connectivity index (χ1v) is 8.04. The van der Waals surface area contributed by atoms with Gasteiger partial charge in [0.05, 0.1) is 12.0 Å². The molecule has 0 unspecified atom stereocenters. The average molecular weight is 318 g/mol. The number of nitrogens with one attached hydrogen (secondary N) is 1. The van der Waals surface area contributed by atoms with Crippen LogP contribution in [0.5, 0.6) is 5.75 Å². The number of carbonyl (C=O) groups is 1. The molecule has 1 aromatic carbocycles. The van der Waals surface area contributed by atoms with Gasteiger partial charge in [0.25, 0.3) is 5.91 Å². The van der Waals surface area contributed by atoms with Crippen molar-refractivity contribution >= 4 is 43.7 Å². The number of methoxy groups -OCH3 is 1. The number of ether oxygens (including phenoxy) is 1. The van der Waals surface area contributed by atoms with E-state index in [1.54, 1.807) is 30.6 Å². The van der Waals surface area contributed by atoms with Crippen LogP contribution in [-0.4, -0.2) is 13.0 Å². The van der Waals surface area contributed by atoms with E-state index in [1.165, 1.54) is 11.3 Å². The number of nitrogens with two attached hydrogens (primary N) is 1. The number of rotatable bonds is 4. The molecule has 1 amide bonds. The molecule has 3 aromatic rings. The van der Waals surface area contributed by atoms with Gasteiger partial charge in [-0.15, -0.1) is 22.7 Å². The van der Waals surface area contributed by atoms with Gasteiger partial charge in [-0.2, -0.15) is 0 Å². The first kappa shape index (κ1) is 13.9. The summed E-state index contributed by atoms with van der Waals surface area (Å²) in [6.45, 7) is 0.387. The molecule has 0 fully saturated rings. The van der Waals surface area contributed by atoms with Gasteiger partial charge in [-0.1, -0.05) is 0 Å². The van der Waals surface area contributed by atoms with Gasteiger partial charge in [0.2, 0.25) is 0 Å². The summed E-state index contributed by atoms with van der Waals surface area (Å²) in [4.78, 5) is 12.9. The minimum absolute atomic E-state index is 0.0760. The van der Waals surface area contributed by atoms with Crippen LogP contribution in [0, 0.1) is 0 Å². The van der Waals surface area contributed by atoms with Crippen LogP contribution < -0.4 is 15.8 Å². The van der Waals surface area contributed by atoms with E-state index in [0.717, 1.165) is 25.6 Å². The van der Waals surface area contributed by atoms with Crippen LogP contribution >= 0.6 is 22.7 Å². The van der Waals surface area contributed by atoms with E-state index in [9.17, 15) is 4.79 Å². The number of nitrogen functional groups attached to an aromatic ring is 1. The van der Waals surface area contributed by atoms with Gasteiger partial charge in [0, 0.05) is 27.2 Å². The average Bonchev–Trinajstić information content (AvgIpc) is 3.06. The molecule has 0 radical (unpaired) electrons. The third kappa shape index (κ3) is 2.86. The lowest BCUT2D eigenvalue weighted by Crippen LogP contribution is -2.22. The first-order chi connectivity index (χ1) is 10.2. The summed E-state index contributed by atoms with van der Waals surface area (Å²) in [5.41, 5.74) is 7.29. The normalized spacial score (nSPS) is 10.7. The number of fused-ring (bicyclic) bond motifs is 1. The largest absolute Gasteiger partial charge is 0.496 e. The summed E-state index contributed by atoms with van der Waals surface area (Å²) < 4.78 is 7.56. The minimum Gasteiger partial charge on any atom is -0.496 e. The van der Waals surface area contributed by atoms with Gasteiger partial charge in [-0.05, 0) is 35.7 Å². The molecule has 0 saturated heterocycles. The Bertz CT molecular complexity index is 763. The maximum absolute atomic E-state index is 12.2. The molecule has 3 N–H and O–H groups in total. The van der Waals surface area contributed by atoms with Gasteiger partial charge in [0.15, 0.2) is 0 Å². The number of thiophene rings is 2. The van der Waals surface area contributed by atoms with Crippen LogP contribution in [0.3, 0.4) is 0 Å². The summed E-state index contributed by atoms with van der Waals surface area (Å²) >= 11 is 3.14. The van der Waals surface area contributed by atoms with Crippen LogP contribution in [0.15, 0.2) is 35.7 Å². The van der Waals surface area contributed by atoms with Crippen molar-refractivity contribution in [1.29, 1.82) is 0 Å². The molecule has 0 aliphatic carbocycles. The van der Waals surface area contributed by atoms with Crippen molar-refractivity contribution in [2.24, 2.45) is 0 Å². The van der Waals surface area contributed by atoms with Crippen LogP contribution in [0.4, 0.5) is 5.69 Å². The summed E-state index contributed by atoms with van der Waals surface area (Å²) in [5.74, 6) is 0.643. The van der Waals surface area contributed by atoms with Crippen molar-refractivity contribution < 1.29 is 9.53 Å². The molecule has 0 atom stereocenters. The molecule has 4 nitrogen and oxygen atoms in total. The van der Waals surface area contributed by atoms with Crippen molar-refractivity contribution in [2.45, 2.75) is 6.54 Å². The van der Waals surface area contributed by atoms with Crippen LogP contribution in [0.25, 0.3) is 9.40 Å². The Morgan fingerprint density at radius 2 is 2.14 bits per heavy atom. The van der Waals surface area contributed by atoms with Crippen molar-refractivity contribution in [2.75, 3.05) is 12.8 Å². The highest BCUT2D eigenvalue weighted by atomic mass is 32.1. The van der Waals surface area contributed by atoms with E-state index in [-0.39, 0.29) is 5.91 Å². The fraction of sp³-hybridized carbons (Fsp3) is 0.133. The maximum atomic E-state index is 12.2. The van der Waals surface area contributed by atoms with Crippen molar-refractivity contribution in [3.63, 3.8) is 0 Å². The predicted octanol–water partition coefficient (Wildman–Crippen LogP) is 3.48. The standard InChI is InChI=1S/C15H14N2O2S2/c1-19-11-3-2-10(16)6-9(11)8-17-15(18)14-7-13-12(21-14)4-5-20-13/h2-7H,8,16H2,1H3,(H,17,18). The van der Waals surface area contributed by atoms with Crippen molar-refractivity contribution in [3.8, 4) is 5.75 Å². The van der Waals surface area contributed by atoms with Gasteiger partial charge >= 0.3 is 0 Å². The molecule has 0 aliphatic heterocycles. The van der Waals surface area contributed by atoms with Gasteiger partial charge in [-0.25, -0.2) is 0 Å².